The molecule has 2 aromatic carbocycles. The third-order valence-electron chi connectivity index (χ3n) is 4.60. The molecule has 5 heteroatoms. The fourth-order valence-corrected chi connectivity index (χ4v) is 3.97. The van der Waals surface area contributed by atoms with E-state index in [1.165, 1.54) is 11.8 Å². The average Bonchev–Trinajstić information content (AvgIpc) is 3.45. The van der Waals surface area contributed by atoms with Crippen molar-refractivity contribution < 1.29 is 9.59 Å². The quantitative estimate of drug-likeness (QED) is 0.907. The fraction of sp³-hybridized carbons (Fsp3) is 0.300. The molecular formula is C20H20N2O2S. The minimum Gasteiger partial charge on any atom is -0.331 e. The molecule has 0 saturated heterocycles. The van der Waals surface area contributed by atoms with Gasteiger partial charge in [-0.05, 0) is 43.5 Å². The Morgan fingerprint density at radius 1 is 1.20 bits per heavy atom. The lowest BCUT2D eigenvalue weighted by Gasteiger charge is -2.25. The van der Waals surface area contributed by atoms with Crippen LogP contribution >= 0.6 is 11.8 Å². The Morgan fingerprint density at radius 2 is 1.96 bits per heavy atom. The maximum Gasteiger partial charge on any atom is 0.254 e. The number of carbonyl (C=O) groups is 2. The van der Waals surface area contributed by atoms with E-state index in [0.717, 1.165) is 29.0 Å². The molecule has 0 aromatic heterocycles. The molecule has 1 atom stereocenters. The van der Waals surface area contributed by atoms with E-state index in [-0.39, 0.29) is 17.1 Å². The molecule has 1 unspecified atom stereocenters. The van der Waals surface area contributed by atoms with Crippen molar-refractivity contribution in [2.75, 3.05) is 5.32 Å². The third-order valence-corrected chi connectivity index (χ3v) is 5.78. The van der Waals surface area contributed by atoms with Crippen molar-refractivity contribution in [3.63, 3.8) is 0 Å². The first-order valence-corrected chi connectivity index (χ1v) is 9.46. The molecule has 2 aromatic rings. The van der Waals surface area contributed by atoms with Crippen LogP contribution in [0.15, 0.2) is 53.4 Å². The molecule has 0 spiro atoms. The number of fused-ring (bicyclic) bond motifs is 1. The molecule has 25 heavy (non-hydrogen) atoms. The van der Waals surface area contributed by atoms with Crippen LogP contribution in [-0.2, 0) is 11.3 Å². The molecule has 1 aliphatic carbocycles. The van der Waals surface area contributed by atoms with Crippen LogP contribution in [-0.4, -0.2) is 28.0 Å². The van der Waals surface area contributed by atoms with Gasteiger partial charge in [0.25, 0.3) is 5.91 Å². The number of nitrogens with one attached hydrogen (secondary N) is 1. The highest BCUT2D eigenvalue weighted by atomic mass is 32.2. The Bertz CT molecular complexity index is 818. The number of hydrogen-bond donors (Lipinski definition) is 1. The van der Waals surface area contributed by atoms with Crippen molar-refractivity contribution in [1.82, 2.24) is 4.90 Å². The average molecular weight is 352 g/mol. The van der Waals surface area contributed by atoms with Crippen LogP contribution in [0.2, 0.25) is 0 Å². The van der Waals surface area contributed by atoms with E-state index in [0.29, 0.717) is 18.2 Å². The number of rotatable bonds is 4. The standard InChI is InChI=1S/C20H20N2O2S/c1-13-19(23)21-17-11-15(7-10-18(17)25-13)20(24)22(16-8-9-16)12-14-5-3-2-4-6-14/h2-7,10-11,13,16H,8-9,12H2,1H3,(H,21,23). The molecule has 4 nitrogen and oxygen atoms in total. The van der Waals surface area contributed by atoms with E-state index < -0.39 is 0 Å². The minimum atomic E-state index is -0.102. The summed E-state index contributed by atoms with van der Waals surface area (Å²) in [5, 5.41) is 2.81. The van der Waals surface area contributed by atoms with E-state index in [1.807, 2.05) is 60.4 Å². The molecule has 2 amide bonds. The van der Waals surface area contributed by atoms with Gasteiger partial charge in [0, 0.05) is 23.0 Å². The summed E-state index contributed by atoms with van der Waals surface area (Å²) in [5.41, 5.74) is 2.52. The van der Waals surface area contributed by atoms with Crippen molar-refractivity contribution in [1.29, 1.82) is 0 Å². The third kappa shape index (κ3) is 3.42. The molecule has 2 aliphatic rings. The summed E-state index contributed by atoms with van der Waals surface area (Å²) in [5.74, 6) is 0.0254. The van der Waals surface area contributed by atoms with E-state index in [1.54, 1.807) is 0 Å². The van der Waals surface area contributed by atoms with Crippen molar-refractivity contribution in [3.8, 4) is 0 Å². The van der Waals surface area contributed by atoms with Crippen molar-refractivity contribution in [3.05, 3.63) is 59.7 Å². The van der Waals surface area contributed by atoms with Gasteiger partial charge in [-0.2, -0.15) is 0 Å². The van der Waals surface area contributed by atoms with Crippen LogP contribution in [0.5, 0.6) is 0 Å². The Labute approximate surface area is 151 Å². The number of nitrogens with zero attached hydrogens (tertiary/aromatic N) is 1. The van der Waals surface area contributed by atoms with Crippen LogP contribution < -0.4 is 5.32 Å². The maximum absolute atomic E-state index is 13.1. The molecule has 1 heterocycles. The molecule has 1 saturated carbocycles. The minimum absolute atomic E-state index is 0.00886. The second-order valence-corrected chi connectivity index (χ2v) is 7.99. The highest BCUT2D eigenvalue weighted by Crippen LogP contribution is 2.37. The normalized spacial score (nSPS) is 19.1. The first-order valence-electron chi connectivity index (χ1n) is 8.58. The van der Waals surface area contributed by atoms with Gasteiger partial charge in [0.05, 0.1) is 10.9 Å². The highest BCUT2D eigenvalue weighted by Gasteiger charge is 2.33. The number of benzene rings is 2. The molecule has 0 radical (unpaired) electrons. The summed E-state index contributed by atoms with van der Waals surface area (Å²) in [6, 6.07) is 16.0. The Balaban J connectivity index is 1.58. The largest absolute Gasteiger partial charge is 0.331 e. The van der Waals surface area contributed by atoms with Crippen LogP contribution in [0.1, 0.15) is 35.7 Å². The number of carbonyl (C=O) groups excluding carboxylic acids is 2. The predicted molar refractivity (Wildman–Crippen MR) is 99.7 cm³/mol. The lowest BCUT2D eigenvalue weighted by atomic mass is 10.1. The van der Waals surface area contributed by atoms with Crippen molar-refractivity contribution in [2.24, 2.45) is 0 Å². The number of amides is 2. The van der Waals surface area contributed by atoms with E-state index in [2.05, 4.69) is 5.32 Å². The summed E-state index contributed by atoms with van der Waals surface area (Å²) >= 11 is 1.53. The monoisotopic (exact) mass is 352 g/mol. The number of anilines is 1. The fourth-order valence-electron chi connectivity index (χ4n) is 3.04. The molecule has 1 aliphatic heterocycles. The highest BCUT2D eigenvalue weighted by molar-refractivity contribution is 8.00. The van der Waals surface area contributed by atoms with Gasteiger partial charge < -0.3 is 10.2 Å². The second kappa shape index (κ2) is 6.56. The zero-order chi connectivity index (χ0) is 17.4. The predicted octanol–water partition coefficient (Wildman–Crippen LogP) is 3.92. The van der Waals surface area contributed by atoms with Crippen LogP contribution in [0.3, 0.4) is 0 Å². The van der Waals surface area contributed by atoms with Gasteiger partial charge >= 0.3 is 0 Å². The van der Waals surface area contributed by atoms with E-state index in [4.69, 9.17) is 0 Å². The number of hydrogen-bond acceptors (Lipinski definition) is 3. The van der Waals surface area contributed by atoms with E-state index >= 15 is 0 Å². The lowest BCUT2D eigenvalue weighted by Crippen LogP contribution is -2.33. The van der Waals surface area contributed by atoms with Crippen LogP contribution in [0.4, 0.5) is 5.69 Å². The zero-order valence-electron chi connectivity index (χ0n) is 14.1. The van der Waals surface area contributed by atoms with Gasteiger partial charge in [-0.1, -0.05) is 30.3 Å². The summed E-state index contributed by atoms with van der Waals surface area (Å²) in [4.78, 5) is 27.9. The van der Waals surface area contributed by atoms with Crippen LogP contribution in [0, 0.1) is 0 Å². The molecule has 0 bridgehead atoms. The maximum atomic E-state index is 13.1. The Hall–Kier alpha value is -2.27. The van der Waals surface area contributed by atoms with Crippen LogP contribution in [0.25, 0.3) is 0 Å². The molecule has 4 rings (SSSR count). The van der Waals surface area contributed by atoms with Gasteiger partial charge in [-0.25, -0.2) is 0 Å². The summed E-state index contributed by atoms with van der Waals surface area (Å²) in [6.45, 7) is 2.51. The van der Waals surface area contributed by atoms with Gasteiger partial charge in [0.1, 0.15) is 0 Å². The second-order valence-electron chi connectivity index (χ2n) is 6.61. The zero-order valence-corrected chi connectivity index (χ0v) is 14.9. The number of thioether (sulfide) groups is 1. The molecule has 1 fully saturated rings. The van der Waals surface area contributed by atoms with Gasteiger partial charge in [0.2, 0.25) is 5.91 Å². The summed E-state index contributed by atoms with van der Waals surface area (Å²) < 4.78 is 0. The Morgan fingerprint density at radius 3 is 2.68 bits per heavy atom. The Kier molecular flexibility index (Phi) is 4.25. The SMILES string of the molecule is CC1Sc2ccc(C(=O)N(Cc3ccccc3)C3CC3)cc2NC1=O. The summed E-state index contributed by atoms with van der Waals surface area (Å²) in [6.07, 6.45) is 2.13. The molecule has 1 N–H and O–H groups in total. The first kappa shape index (κ1) is 16.2. The first-order chi connectivity index (χ1) is 12.1. The van der Waals surface area contributed by atoms with Gasteiger partial charge in [-0.3, -0.25) is 9.59 Å². The van der Waals surface area contributed by atoms with Gasteiger partial charge in [-0.15, -0.1) is 11.8 Å². The lowest BCUT2D eigenvalue weighted by molar-refractivity contribution is -0.115. The van der Waals surface area contributed by atoms with E-state index in [9.17, 15) is 9.59 Å². The molecular weight excluding hydrogens is 332 g/mol. The topological polar surface area (TPSA) is 49.4 Å². The van der Waals surface area contributed by atoms with Gasteiger partial charge in [0.15, 0.2) is 0 Å². The smallest absolute Gasteiger partial charge is 0.254 e. The van der Waals surface area contributed by atoms with Crippen molar-refractivity contribution >= 4 is 29.3 Å². The van der Waals surface area contributed by atoms with Crippen molar-refractivity contribution in [2.45, 2.75) is 42.5 Å². The summed E-state index contributed by atoms with van der Waals surface area (Å²) in [7, 11) is 0. The molecule has 128 valence electrons.